The molecule has 0 bridgehead atoms. The number of ether oxygens (including phenoxy) is 1. The predicted molar refractivity (Wildman–Crippen MR) is 92.7 cm³/mol. The van der Waals surface area contributed by atoms with Crippen molar-refractivity contribution in [3.63, 3.8) is 0 Å². The molecule has 0 aliphatic rings. The van der Waals surface area contributed by atoms with Crippen molar-refractivity contribution in [3.8, 4) is 0 Å². The number of halogens is 1. The molecule has 8 heteroatoms. The number of nitrogens with zero attached hydrogens (tertiary/aromatic N) is 1. The molecular formula is C18H18FNO5S. The first-order chi connectivity index (χ1) is 12.2. The van der Waals surface area contributed by atoms with E-state index in [1.54, 1.807) is 12.1 Å². The average molecular weight is 379 g/mol. The fourth-order valence-corrected chi connectivity index (χ4v) is 3.10. The van der Waals surface area contributed by atoms with Gasteiger partial charge in [-0.15, -0.1) is 0 Å². The highest BCUT2D eigenvalue weighted by Gasteiger charge is 2.20. The zero-order valence-electron chi connectivity index (χ0n) is 14.3. The molecule has 0 spiro atoms. The summed E-state index contributed by atoms with van der Waals surface area (Å²) in [6.45, 7) is -0.314. The van der Waals surface area contributed by atoms with E-state index in [0.717, 1.165) is 11.8 Å². The highest BCUT2D eigenvalue weighted by atomic mass is 32.2. The van der Waals surface area contributed by atoms with Crippen LogP contribution in [0.3, 0.4) is 0 Å². The molecule has 0 fully saturated rings. The molecule has 2 aromatic carbocycles. The van der Waals surface area contributed by atoms with Crippen LogP contribution >= 0.6 is 0 Å². The fourth-order valence-electron chi connectivity index (χ4n) is 2.23. The third kappa shape index (κ3) is 5.13. The second-order valence-electron chi connectivity index (χ2n) is 5.72. The van der Waals surface area contributed by atoms with E-state index in [0.29, 0.717) is 0 Å². The minimum Gasteiger partial charge on any atom is -0.452 e. The lowest BCUT2D eigenvalue weighted by atomic mass is 10.2. The quantitative estimate of drug-likeness (QED) is 0.718. The topological polar surface area (TPSA) is 80.8 Å². The molecule has 0 aliphatic heterocycles. The maximum Gasteiger partial charge on any atom is 0.339 e. The summed E-state index contributed by atoms with van der Waals surface area (Å²) >= 11 is 0. The van der Waals surface area contributed by atoms with Crippen molar-refractivity contribution in [1.82, 2.24) is 4.90 Å². The van der Waals surface area contributed by atoms with E-state index in [4.69, 9.17) is 4.74 Å². The van der Waals surface area contributed by atoms with E-state index in [-0.39, 0.29) is 22.8 Å². The van der Waals surface area contributed by atoms with Crippen molar-refractivity contribution >= 4 is 21.7 Å². The van der Waals surface area contributed by atoms with Crippen LogP contribution in [0.4, 0.5) is 4.39 Å². The molecule has 26 heavy (non-hydrogen) atoms. The summed E-state index contributed by atoms with van der Waals surface area (Å²) in [5.74, 6) is -1.74. The van der Waals surface area contributed by atoms with Gasteiger partial charge in [-0.3, -0.25) is 4.79 Å². The van der Waals surface area contributed by atoms with E-state index in [1.807, 2.05) is 0 Å². The van der Waals surface area contributed by atoms with E-state index in [9.17, 15) is 22.4 Å². The number of esters is 1. The Labute approximate surface area is 151 Å². The van der Waals surface area contributed by atoms with Gasteiger partial charge in [-0.1, -0.05) is 24.3 Å². The third-order valence-corrected chi connectivity index (χ3v) is 4.75. The molecule has 0 atom stereocenters. The standard InChI is InChI=1S/C18H18FNO5S/c1-20(11-13-7-9-14(19)10-8-13)17(21)12-25-18(22)15-5-3-4-6-16(15)26(2,23)24/h3-10H,11-12H2,1-2H3. The Hall–Kier alpha value is -2.74. The lowest BCUT2D eigenvalue weighted by molar-refractivity contribution is -0.133. The van der Waals surface area contributed by atoms with Crippen molar-refractivity contribution in [3.05, 3.63) is 65.5 Å². The Balaban J connectivity index is 1.99. The van der Waals surface area contributed by atoms with Crippen LogP contribution in [0.5, 0.6) is 0 Å². The first-order valence-corrected chi connectivity index (χ1v) is 9.52. The Bertz CT molecular complexity index is 909. The summed E-state index contributed by atoms with van der Waals surface area (Å²) in [6, 6.07) is 11.3. The van der Waals surface area contributed by atoms with Crippen molar-refractivity contribution in [2.75, 3.05) is 19.9 Å². The lowest BCUT2D eigenvalue weighted by Crippen LogP contribution is -2.31. The molecule has 0 saturated carbocycles. The number of amides is 1. The van der Waals surface area contributed by atoms with Gasteiger partial charge in [-0.2, -0.15) is 0 Å². The highest BCUT2D eigenvalue weighted by molar-refractivity contribution is 7.90. The van der Waals surface area contributed by atoms with Gasteiger partial charge in [0, 0.05) is 19.8 Å². The number of rotatable bonds is 6. The lowest BCUT2D eigenvalue weighted by Gasteiger charge is -2.17. The second kappa shape index (κ2) is 8.09. The van der Waals surface area contributed by atoms with Gasteiger partial charge in [0.2, 0.25) is 0 Å². The normalized spacial score (nSPS) is 11.0. The number of likely N-dealkylation sites (N-methyl/N-ethyl adjacent to an activating group) is 1. The number of carbonyl (C=O) groups is 2. The molecule has 0 heterocycles. The zero-order valence-corrected chi connectivity index (χ0v) is 15.1. The number of benzene rings is 2. The highest BCUT2D eigenvalue weighted by Crippen LogP contribution is 2.16. The zero-order chi connectivity index (χ0) is 19.3. The van der Waals surface area contributed by atoms with Crippen LogP contribution in [0.25, 0.3) is 0 Å². The molecule has 6 nitrogen and oxygen atoms in total. The van der Waals surface area contributed by atoms with Gasteiger partial charge >= 0.3 is 5.97 Å². The van der Waals surface area contributed by atoms with E-state index in [2.05, 4.69) is 0 Å². The SMILES string of the molecule is CN(Cc1ccc(F)cc1)C(=O)COC(=O)c1ccccc1S(C)(=O)=O. The van der Waals surface area contributed by atoms with Gasteiger partial charge in [0.1, 0.15) is 5.82 Å². The van der Waals surface area contributed by atoms with Gasteiger partial charge in [0.15, 0.2) is 16.4 Å². The summed E-state index contributed by atoms with van der Waals surface area (Å²) in [5, 5.41) is 0. The van der Waals surface area contributed by atoms with Crippen LogP contribution in [0.2, 0.25) is 0 Å². The largest absolute Gasteiger partial charge is 0.452 e. The second-order valence-corrected chi connectivity index (χ2v) is 7.70. The van der Waals surface area contributed by atoms with Crippen LogP contribution < -0.4 is 0 Å². The molecule has 138 valence electrons. The first kappa shape index (κ1) is 19.6. The number of hydrogen-bond acceptors (Lipinski definition) is 5. The average Bonchev–Trinajstić information content (AvgIpc) is 2.60. The summed E-state index contributed by atoms with van der Waals surface area (Å²) in [7, 11) is -2.09. The van der Waals surface area contributed by atoms with Gasteiger partial charge in [0.25, 0.3) is 5.91 Å². The molecule has 0 radical (unpaired) electrons. The minimum absolute atomic E-state index is 0.121. The molecule has 0 N–H and O–H groups in total. The Morgan fingerprint density at radius 3 is 2.31 bits per heavy atom. The molecule has 0 unspecified atom stereocenters. The van der Waals surface area contributed by atoms with E-state index in [1.165, 1.54) is 48.3 Å². The fraction of sp³-hybridized carbons (Fsp3) is 0.222. The van der Waals surface area contributed by atoms with Crippen LogP contribution in [-0.2, 0) is 25.9 Å². The molecule has 2 rings (SSSR count). The van der Waals surface area contributed by atoms with Crippen molar-refractivity contribution in [1.29, 1.82) is 0 Å². The van der Waals surface area contributed by atoms with E-state index < -0.39 is 28.3 Å². The molecule has 2 aromatic rings. The van der Waals surface area contributed by atoms with Gasteiger partial charge in [-0.25, -0.2) is 17.6 Å². The summed E-state index contributed by atoms with van der Waals surface area (Å²) in [5.41, 5.74) is 0.597. The van der Waals surface area contributed by atoms with Gasteiger partial charge < -0.3 is 9.64 Å². The minimum atomic E-state index is -3.60. The Kier molecular flexibility index (Phi) is 6.10. The molecule has 1 amide bonds. The Morgan fingerprint density at radius 2 is 1.69 bits per heavy atom. The van der Waals surface area contributed by atoms with Crippen LogP contribution in [-0.4, -0.2) is 45.1 Å². The summed E-state index contributed by atoms with van der Waals surface area (Å²) in [6.07, 6.45) is 0.987. The molecular weight excluding hydrogens is 361 g/mol. The van der Waals surface area contributed by atoms with Crippen molar-refractivity contribution in [2.24, 2.45) is 0 Å². The van der Waals surface area contributed by atoms with Crippen molar-refractivity contribution in [2.45, 2.75) is 11.4 Å². The van der Waals surface area contributed by atoms with Gasteiger partial charge in [-0.05, 0) is 29.8 Å². The maximum atomic E-state index is 12.9. The molecule has 0 aromatic heterocycles. The smallest absolute Gasteiger partial charge is 0.339 e. The van der Waals surface area contributed by atoms with Crippen LogP contribution in [0.15, 0.2) is 53.4 Å². The number of sulfone groups is 1. The van der Waals surface area contributed by atoms with Crippen LogP contribution in [0.1, 0.15) is 15.9 Å². The van der Waals surface area contributed by atoms with Crippen molar-refractivity contribution < 1.29 is 27.1 Å². The molecule has 0 saturated heterocycles. The monoisotopic (exact) mass is 379 g/mol. The third-order valence-electron chi connectivity index (χ3n) is 3.59. The summed E-state index contributed by atoms with van der Waals surface area (Å²) in [4.78, 5) is 25.4. The Morgan fingerprint density at radius 1 is 1.08 bits per heavy atom. The van der Waals surface area contributed by atoms with Gasteiger partial charge in [0.05, 0.1) is 10.5 Å². The van der Waals surface area contributed by atoms with Crippen LogP contribution in [0, 0.1) is 5.82 Å². The summed E-state index contributed by atoms with van der Waals surface area (Å²) < 4.78 is 41.3. The number of hydrogen-bond donors (Lipinski definition) is 0. The molecule has 0 aliphatic carbocycles. The maximum absolute atomic E-state index is 12.9. The number of carbonyl (C=O) groups excluding carboxylic acids is 2. The predicted octanol–water partition coefficient (Wildman–Crippen LogP) is 2.04. The van der Waals surface area contributed by atoms with E-state index >= 15 is 0 Å². The first-order valence-electron chi connectivity index (χ1n) is 7.63.